The summed E-state index contributed by atoms with van der Waals surface area (Å²) in [5, 5.41) is 2.63. The molecule has 23 heavy (non-hydrogen) atoms. The van der Waals surface area contributed by atoms with Crippen molar-refractivity contribution >= 4 is 49.4 Å². The molecule has 1 aliphatic carbocycles. The van der Waals surface area contributed by atoms with Crippen LogP contribution in [0.15, 0.2) is 23.1 Å². The van der Waals surface area contributed by atoms with Crippen LogP contribution in [-0.4, -0.2) is 31.6 Å². The number of urea groups is 1. The zero-order chi connectivity index (χ0) is 17.0. The summed E-state index contributed by atoms with van der Waals surface area (Å²) in [6, 6.07) is 3.12. The molecular weight excluding hydrogens is 408 g/mol. The van der Waals surface area contributed by atoms with Crippen molar-refractivity contribution < 1.29 is 18.0 Å². The fourth-order valence-corrected chi connectivity index (χ4v) is 4.19. The lowest BCUT2D eigenvalue weighted by atomic mass is 10.1. The number of rotatable bonds is 5. The lowest BCUT2D eigenvalue weighted by molar-refractivity contribution is 0.102. The van der Waals surface area contributed by atoms with Gasteiger partial charge in [-0.05, 0) is 31.0 Å². The average Bonchev–Trinajstić information content (AvgIpc) is 2.98. The molecule has 0 spiro atoms. The van der Waals surface area contributed by atoms with Crippen LogP contribution in [0, 0.1) is 0 Å². The summed E-state index contributed by atoms with van der Waals surface area (Å²) in [5.74, 6) is -0.284. The first kappa shape index (κ1) is 18.2. The standard InChI is InChI=1S/C14H16BrClN2O4S/c15-8-12(19)9-5-6-11(16)13(7-9)23(21,22)18-14(20)17-10-3-1-2-4-10/h5-7,10H,1-4,8H2,(H2,17,18,20). The first-order valence-electron chi connectivity index (χ1n) is 7.05. The van der Waals surface area contributed by atoms with Crippen LogP contribution in [0.5, 0.6) is 0 Å². The van der Waals surface area contributed by atoms with Crippen molar-refractivity contribution in [3.63, 3.8) is 0 Å². The molecule has 2 N–H and O–H groups in total. The number of hydrogen-bond donors (Lipinski definition) is 2. The Kier molecular flexibility index (Phi) is 6.05. The topological polar surface area (TPSA) is 92.3 Å². The summed E-state index contributed by atoms with van der Waals surface area (Å²) < 4.78 is 26.6. The van der Waals surface area contributed by atoms with Gasteiger partial charge in [0.05, 0.1) is 10.4 Å². The Morgan fingerprint density at radius 3 is 2.52 bits per heavy atom. The van der Waals surface area contributed by atoms with Crippen molar-refractivity contribution in [1.29, 1.82) is 0 Å². The van der Waals surface area contributed by atoms with Crippen LogP contribution >= 0.6 is 27.5 Å². The SMILES string of the molecule is O=C(NC1CCCC1)NS(=O)(=O)c1cc(C(=O)CBr)ccc1Cl. The second-order valence-electron chi connectivity index (χ2n) is 5.26. The molecule has 0 radical (unpaired) electrons. The van der Waals surface area contributed by atoms with Crippen molar-refractivity contribution in [2.45, 2.75) is 36.6 Å². The number of benzene rings is 1. The number of halogens is 2. The van der Waals surface area contributed by atoms with Gasteiger partial charge in [0, 0.05) is 11.6 Å². The molecule has 0 atom stereocenters. The monoisotopic (exact) mass is 422 g/mol. The highest BCUT2D eigenvalue weighted by Crippen LogP contribution is 2.23. The van der Waals surface area contributed by atoms with E-state index in [-0.39, 0.29) is 32.6 Å². The average molecular weight is 424 g/mol. The van der Waals surface area contributed by atoms with Crippen LogP contribution in [0.2, 0.25) is 5.02 Å². The number of Topliss-reactive ketones (excluding diaryl/α,β-unsaturated/α-hetero) is 1. The quantitative estimate of drug-likeness (QED) is 0.562. The molecule has 1 saturated carbocycles. The summed E-state index contributed by atoms with van der Waals surface area (Å²) in [6.45, 7) is 0. The Balaban J connectivity index is 2.17. The Labute approximate surface area is 148 Å². The van der Waals surface area contributed by atoms with E-state index in [4.69, 9.17) is 11.6 Å². The molecule has 0 aromatic heterocycles. The van der Waals surface area contributed by atoms with Crippen molar-refractivity contribution in [2.75, 3.05) is 5.33 Å². The Morgan fingerprint density at radius 1 is 1.26 bits per heavy atom. The van der Waals surface area contributed by atoms with Crippen LogP contribution < -0.4 is 10.0 Å². The molecule has 6 nitrogen and oxygen atoms in total. The number of carbonyl (C=O) groups excluding carboxylic acids is 2. The van der Waals surface area contributed by atoms with Gasteiger partial charge in [0.15, 0.2) is 5.78 Å². The van der Waals surface area contributed by atoms with Gasteiger partial charge in [0.25, 0.3) is 10.0 Å². The van der Waals surface area contributed by atoms with Gasteiger partial charge in [0.2, 0.25) is 0 Å². The lowest BCUT2D eigenvalue weighted by Gasteiger charge is -2.14. The van der Waals surface area contributed by atoms with Crippen molar-refractivity contribution in [3.05, 3.63) is 28.8 Å². The predicted molar refractivity (Wildman–Crippen MR) is 90.7 cm³/mol. The number of nitrogens with one attached hydrogen (secondary N) is 2. The molecular formula is C14H16BrClN2O4S. The second-order valence-corrected chi connectivity index (χ2v) is 7.88. The van der Waals surface area contributed by atoms with E-state index < -0.39 is 16.1 Å². The molecule has 1 aromatic rings. The van der Waals surface area contributed by atoms with Gasteiger partial charge in [-0.3, -0.25) is 4.79 Å². The molecule has 0 saturated heterocycles. The van der Waals surface area contributed by atoms with Gasteiger partial charge in [-0.15, -0.1) is 0 Å². The summed E-state index contributed by atoms with van der Waals surface area (Å²) in [5.41, 5.74) is 0.197. The molecule has 1 aliphatic rings. The largest absolute Gasteiger partial charge is 0.335 e. The Bertz CT molecular complexity index is 717. The van der Waals surface area contributed by atoms with Crippen molar-refractivity contribution in [3.8, 4) is 0 Å². The molecule has 0 heterocycles. The third-order valence-corrected chi connectivity index (χ3v) is 5.90. The van der Waals surface area contributed by atoms with E-state index >= 15 is 0 Å². The zero-order valence-corrected chi connectivity index (χ0v) is 15.3. The summed E-state index contributed by atoms with van der Waals surface area (Å²) >= 11 is 8.93. The number of ketones is 1. The van der Waals surface area contributed by atoms with E-state index in [1.165, 1.54) is 12.1 Å². The highest BCUT2D eigenvalue weighted by atomic mass is 79.9. The highest BCUT2D eigenvalue weighted by molar-refractivity contribution is 9.09. The predicted octanol–water partition coefficient (Wildman–Crippen LogP) is 2.85. The zero-order valence-electron chi connectivity index (χ0n) is 12.1. The van der Waals surface area contributed by atoms with Gasteiger partial charge >= 0.3 is 6.03 Å². The van der Waals surface area contributed by atoms with Gasteiger partial charge in [0.1, 0.15) is 4.90 Å². The number of sulfonamides is 1. The first-order valence-corrected chi connectivity index (χ1v) is 10.0. The maximum atomic E-state index is 12.3. The van der Waals surface area contributed by atoms with Gasteiger partial charge in [-0.1, -0.05) is 40.4 Å². The molecule has 9 heteroatoms. The second kappa shape index (κ2) is 7.63. The molecule has 0 aliphatic heterocycles. The van der Waals surface area contributed by atoms with Crippen LogP contribution in [-0.2, 0) is 10.0 Å². The molecule has 1 aromatic carbocycles. The van der Waals surface area contributed by atoms with Crippen molar-refractivity contribution in [2.24, 2.45) is 0 Å². The summed E-state index contributed by atoms with van der Waals surface area (Å²) in [4.78, 5) is 23.2. The van der Waals surface area contributed by atoms with Crippen molar-refractivity contribution in [1.82, 2.24) is 10.0 Å². The van der Waals surface area contributed by atoms with E-state index in [2.05, 4.69) is 21.2 Å². The Morgan fingerprint density at radius 2 is 1.91 bits per heavy atom. The molecule has 126 valence electrons. The molecule has 2 rings (SSSR count). The number of carbonyl (C=O) groups is 2. The first-order chi connectivity index (χ1) is 10.8. The van der Waals surface area contributed by atoms with Gasteiger partial charge in [-0.2, -0.15) is 0 Å². The molecule has 2 amide bonds. The van der Waals surface area contributed by atoms with Crippen LogP contribution in [0.25, 0.3) is 0 Å². The third-order valence-electron chi connectivity index (χ3n) is 3.58. The third kappa shape index (κ3) is 4.68. The van der Waals surface area contributed by atoms with Gasteiger partial charge < -0.3 is 5.32 Å². The fraction of sp³-hybridized carbons (Fsp3) is 0.429. The molecule has 1 fully saturated rings. The van der Waals surface area contributed by atoms with E-state index in [1.54, 1.807) is 0 Å². The normalized spacial score (nSPS) is 15.4. The smallest absolute Gasteiger partial charge is 0.328 e. The minimum absolute atomic E-state index is 0.0121. The number of alkyl halides is 1. The number of hydrogen-bond acceptors (Lipinski definition) is 4. The molecule has 0 bridgehead atoms. The maximum absolute atomic E-state index is 12.3. The fourth-order valence-electron chi connectivity index (χ4n) is 2.42. The summed E-state index contributed by atoms with van der Waals surface area (Å²) in [6.07, 6.45) is 3.70. The van der Waals surface area contributed by atoms with Crippen LogP contribution in [0.1, 0.15) is 36.0 Å². The van der Waals surface area contributed by atoms with Crippen LogP contribution in [0.4, 0.5) is 4.79 Å². The number of amides is 2. The highest BCUT2D eigenvalue weighted by Gasteiger charge is 2.24. The van der Waals surface area contributed by atoms with E-state index in [9.17, 15) is 18.0 Å². The molecule has 0 unspecified atom stereocenters. The van der Waals surface area contributed by atoms with E-state index in [0.29, 0.717) is 0 Å². The summed E-state index contributed by atoms with van der Waals surface area (Å²) in [7, 11) is -4.16. The minimum atomic E-state index is -4.16. The minimum Gasteiger partial charge on any atom is -0.335 e. The van der Waals surface area contributed by atoms with E-state index in [1.807, 2.05) is 4.72 Å². The maximum Gasteiger partial charge on any atom is 0.328 e. The van der Waals surface area contributed by atoms with Gasteiger partial charge in [-0.25, -0.2) is 17.9 Å². The van der Waals surface area contributed by atoms with E-state index in [0.717, 1.165) is 31.7 Å². The Hall–Kier alpha value is -1.12. The lowest BCUT2D eigenvalue weighted by Crippen LogP contribution is -2.43. The van der Waals surface area contributed by atoms with Crippen LogP contribution in [0.3, 0.4) is 0 Å².